The van der Waals surface area contributed by atoms with Crippen LogP contribution in [0.1, 0.15) is 24.0 Å². The summed E-state index contributed by atoms with van der Waals surface area (Å²) >= 11 is 0. The number of ether oxygens (including phenoxy) is 1. The third kappa shape index (κ3) is 4.59. The van der Waals surface area contributed by atoms with E-state index < -0.39 is 15.8 Å². The molecule has 0 atom stereocenters. The van der Waals surface area contributed by atoms with Crippen LogP contribution in [0.15, 0.2) is 41.3 Å². The van der Waals surface area contributed by atoms with Crippen molar-refractivity contribution in [3.63, 3.8) is 0 Å². The van der Waals surface area contributed by atoms with Crippen LogP contribution in [-0.4, -0.2) is 38.8 Å². The molecule has 8 heteroatoms. The summed E-state index contributed by atoms with van der Waals surface area (Å²) in [7, 11) is -2.28. The van der Waals surface area contributed by atoms with E-state index in [1.807, 2.05) is 6.92 Å². The van der Waals surface area contributed by atoms with Crippen LogP contribution >= 0.6 is 0 Å². The highest BCUT2D eigenvalue weighted by atomic mass is 32.2. The molecule has 0 aromatic heterocycles. The Hall–Kier alpha value is -2.45. The zero-order valence-corrected chi connectivity index (χ0v) is 17.6. The number of aryl methyl sites for hydroxylation is 2. The van der Waals surface area contributed by atoms with Crippen LogP contribution in [-0.2, 0) is 14.8 Å². The Kier molecular flexibility index (Phi) is 6.24. The molecule has 2 aromatic rings. The van der Waals surface area contributed by atoms with Gasteiger partial charge in [-0.2, -0.15) is 4.31 Å². The number of hydrogen-bond donors (Lipinski definition) is 1. The van der Waals surface area contributed by atoms with E-state index in [1.165, 1.54) is 23.5 Å². The highest BCUT2D eigenvalue weighted by Gasteiger charge is 2.33. The molecule has 29 heavy (non-hydrogen) atoms. The van der Waals surface area contributed by atoms with Crippen molar-refractivity contribution >= 4 is 21.6 Å². The summed E-state index contributed by atoms with van der Waals surface area (Å²) in [6.07, 6.45) is 0.793. The van der Waals surface area contributed by atoms with Gasteiger partial charge in [0, 0.05) is 24.7 Å². The molecule has 1 saturated heterocycles. The van der Waals surface area contributed by atoms with E-state index >= 15 is 0 Å². The van der Waals surface area contributed by atoms with Crippen molar-refractivity contribution in [3.05, 3.63) is 53.3 Å². The van der Waals surface area contributed by atoms with Gasteiger partial charge in [0.15, 0.2) is 0 Å². The van der Waals surface area contributed by atoms with Crippen LogP contribution < -0.4 is 10.1 Å². The molecule has 1 N–H and O–H groups in total. The molecule has 1 aliphatic heterocycles. The number of piperidine rings is 1. The zero-order valence-electron chi connectivity index (χ0n) is 16.7. The van der Waals surface area contributed by atoms with Crippen LogP contribution in [0.4, 0.5) is 10.1 Å². The summed E-state index contributed by atoms with van der Waals surface area (Å²) in [4.78, 5) is 12.7. The van der Waals surface area contributed by atoms with Gasteiger partial charge in [-0.1, -0.05) is 12.1 Å². The average molecular weight is 421 g/mol. The molecule has 0 bridgehead atoms. The molecule has 0 saturated carbocycles. The first-order chi connectivity index (χ1) is 13.7. The van der Waals surface area contributed by atoms with Gasteiger partial charge in [0.2, 0.25) is 15.9 Å². The summed E-state index contributed by atoms with van der Waals surface area (Å²) in [5, 5.41) is 2.76. The van der Waals surface area contributed by atoms with E-state index in [4.69, 9.17) is 4.74 Å². The van der Waals surface area contributed by atoms with E-state index in [-0.39, 0.29) is 29.8 Å². The van der Waals surface area contributed by atoms with Gasteiger partial charge in [-0.3, -0.25) is 4.79 Å². The smallest absolute Gasteiger partial charge is 0.246 e. The monoisotopic (exact) mass is 420 g/mol. The quantitative estimate of drug-likeness (QED) is 0.803. The van der Waals surface area contributed by atoms with E-state index in [0.29, 0.717) is 24.3 Å². The van der Waals surface area contributed by atoms with Crippen molar-refractivity contribution in [2.75, 3.05) is 25.5 Å². The molecule has 2 aromatic carbocycles. The number of sulfonamides is 1. The molecule has 1 amide bonds. The molecule has 1 aliphatic rings. The van der Waals surface area contributed by atoms with Crippen LogP contribution in [0.5, 0.6) is 5.75 Å². The minimum Gasteiger partial charge on any atom is -0.495 e. The Morgan fingerprint density at radius 1 is 1.14 bits per heavy atom. The number of carbonyl (C=O) groups is 1. The van der Waals surface area contributed by atoms with E-state index in [9.17, 15) is 17.6 Å². The first-order valence-corrected chi connectivity index (χ1v) is 10.9. The van der Waals surface area contributed by atoms with E-state index in [0.717, 1.165) is 11.1 Å². The van der Waals surface area contributed by atoms with Gasteiger partial charge >= 0.3 is 0 Å². The average Bonchev–Trinajstić information content (AvgIpc) is 2.70. The maximum atomic E-state index is 13.4. The largest absolute Gasteiger partial charge is 0.495 e. The minimum atomic E-state index is -3.72. The lowest BCUT2D eigenvalue weighted by atomic mass is 9.97. The van der Waals surface area contributed by atoms with Crippen molar-refractivity contribution in [2.45, 2.75) is 31.6 Å². The molecule has 0 spiro atoms. The number of rotatable bonds is 5. The van der Waals surface area contributed by atoms with Crippen molar-refractivity contribution < 1.29 is 22.3 Å². The lowest BCUT2D eigenvalue weighted by Gasteiger charge is -2.31. The fourth-order valence-electron chi connectivity index (χ4n) is 3.45. The Labute approximate surface area is 170 Å². The maximum Gasteiger partial charge on any atom is 0.246 e. The second-order valence-electron chi connectivity index (χ2n) is 7.28. The Morgan fingerprint density at radius 3 is 2.48 bits per heavy atom. The second kappa shape index (κ2) is 8.51. The molecule has 0 radical (unpaired) electrons. The predicted octanol–water partition coefficient (Wildman–Crippen LogP) is 3.49. The van der Waals surface area contributed by atoms with E-state index in [1.54, 1.807) is 31.2 Å². The number of anilines is 1. The molecule has 1 heterocycles. The van der Waals surface area contributed by atoms with Gasteiger partial charge in [-0.15, -0.1) is 0 Å². The fraction of sp³-hybridized carbons (Fsp3) is 0.381. The lowest BCUT2D eigenvalue weighted by Crippen LogP contribution is -2.41. The number of methoxy groups -OCH3 is 1. The van der Waals surface area contributed by atoms with Crippen molar-refractivity contribution in [2.24, 2.45) is 5.92 Å². The molecular formula is C21H25FN2O4S. The fourth-order valence-corrected chi connectivity index (χ4v) is 5.16. The summed E-state index contributed by atoms with van der Waals surface area (Å²) in [5.74, 6) is -0.664. The number of carbonyl (C=O) groups excluding carboxylic acids is 1. The molecule has 0 aliphatic carbocycles. The van der Waals surface area contributed by atoms with Gasteiger partial charge in [0.05, 0.1) is 7.11 Å². The normalized spacial score (nSPS) is 15.9. The number of amides is 1. The predicted molar refractivity (Wildman–Crippen MR) is 109 cm³/mol. The van der Waals surface area contributed by atoms with Crippen LogP contribution in [0.3, 0.4) is 0 Å². The highest BCUT2D eigenvalue weighted by Crippen LogP contribution is 2.31. The summed E-state index contributed by atoms with van der Waals surface area (Å²) in [5.41, 5.74) is 2.03. The van der Waals surface area contributed by atoms with Gasteiger partial charge in [-0.25, -0.2) is 12.8 Å². The van der Waals surface area contributed by atoms with Crippen molar-refractivity contribution in [1.29, 1.82) is 0 Å². The molecule has 156 valence electrons. The number of benzene rings is 2. The Bertz CT molecular complexity index is 1020. The SMILES string of the molecule is COc1ccc(C)cc1S(=O)(=O)N1CCC(C(=O)Nc2cc(F)ccc2C)CC1. The van der Waals surface area contributed by atoms with E-state index in [2.05, 4.69) is 5.32 Å². The number of hydrogen-bond acceptors (Lipinski definition) is 4. The van der Waals surface area contributed by atoms with Crippen LogP contribution in [0.25, 0.3) is 0 Å². The highest BCUT2D eigenvalue weighted by molar-refractivity contribution is 7.89. The van der Waals surface area contributed by atoms with Crippen molar-refractivity contribution in [3.8, 4) is 5.75 Å². The molecule has 0 unspecified atom stereocenters. The summed E-state index contributed by atoms with van der Waals surface area (Å²) < 4.78 is 46.2. The van der Waals surface area contributed by atoms with Gasteiger partial charge in [0.1, 0.15) is 16.5 Å². The second-order valence-corrected chi connectivity index (χ2v) is 9.19. The van der Waals surface area contributed by atoms with Gasteiger partial charge < -0.3 is 10.1 Å². The zero-order chi connectivity index (χ0) is 21.2. The third-order valence-electron chi connectivity index (χ3n) is 5.22. The lowest BCUT2D eigenvalue weighted by molar-refractivity contribution is -0.120. The third-order valence-corrected chi connectivity index (χ3v) is 7.14. The van der Waals surface area contributed by atoms with Crippen LogP contribution in [0.2, 0.25) is 0 Å². The Balaban J connectivity index is 1.69. The first kappa shape index (κ1) is 21.3. The van der Waals surface area contributed by atoms with Crippen molar-refractivity contribution in [1.82, 2.24) is 4.31 Å². The van der Waals surface area contributed by atoms with Gasteiger partial charge in [0.25, 0.3) is 0 Å². The number of halogens is 1. The standard InChI is InChI=1S/C21H25FN2O4S/c1-14-4-7-19(28-3)20(12-14)29(26,27)24-10-8-16(9-11-24)21(25)23-18-13-17(22)6-5-15(18)2/h4-7,12-13,16H,8-11H2,1-3H3,(H,23,25). The summed E-state index contributed by atoms with van der Waals surface area (Å²) in [6.45, 7) is 4.09. The topological polar surface area (TPSA) is 75.7 Å². The first-order valence-electron chi connectivity index (χ1n) is 9.44. The molecular weight excluding hydrogens is 395 g/mol. The van der Waals surface area contributed by atoms with Crippen LogP contribution in [0, 0.1) is 25.6 Å². The maximum absolute atomic E-state index is 13.4. The molecule has 1 fully saturated rings. The molecule has 3 rings (SSSR count). The Morgan fingerprint density at radius 2 is 1.83 bits per heavy atom. The summed E-state index contributed by atoms with van der Waals surface area (Å²) in [6, 6.07) is 9.27. The number of nitrogens with zero attached hydrogens (tertiary/aromatic N) is 1. The van der Waals surface area contributed by atoms with Gasteiger partial charge in [-0.05, 0) is 62.1 Å². The number of nitrogens with one attached hydrogen (secondary N) is 1. The minimum absolute atomic E-state index is 0.137. The molecule has 6 nitrogen and oxygen atoms in total.